The summed E-state index contributed by atoms with van der Waals surface area (Å²) in [5.74, 6) is -0.0353. The first-order valence-electron chi connectivity index (χ1n) is 11.4. The average molecular weight is 448 g/mol. The number of fused-ring (bicyclic) bond motifs is 1. The number of thiophene rings is 1. The lowest BCUT2D eigenvalue weighted by Crippen LogP contribution is -2.36. The molecule has 2 aromatic carbocycles. The molecule has 1 fully saturated rings. The van der Waals surface area contributed by atoms with E-state index in [0.29, 0.717) is 0 Å². The average Bonchev–Trinajstić information content (AvgIpc) is 3.52. The smallest absolute Gasteiger partial charge is 0.238 e. The molecule has 0 unspecified atom stereocenters. The van der Waals surface area contributed by atoms with Crippen LogP contribution < -0.4 is 15.5 Å². The first-order valence-corrected chi connectivity index (χ1v) is 12.3. The van der Waals surface area contributed by atoms with Crippen LogP contribution in [0.2, 0.25) is 0 Å². The molecule has 0 bridgehead atoms. The van der Waals surface area contributed by atoms with Crippen molar-refractivity contribution in [3.63, 3.8) is 0 Å². The van der Waals surface area contributed by atoms with Crippen molar-refractivity contribution in [3.8, 4) is 0 Å². The first-order chi connectivity index (χ1) is 15.8. The highest BCUT2D eigenvalue weighted by atomic mass is 32.1. The zero-order valence-corrected chi connectivity index (χ0v) is 19.0. The van der Waals surface area contributed by atoms with Gasteiger partial charge in [-0.15, -0.1) is 11.3 Å². The fourth-order valence-corrected chi connectivity index (χ4v) is 5.41. The molecule has 1 amide bonds. The highest BCUT2D eigenvalue weighted by Gasteiger charge is 2.19. The second-order valence-corrected chi connectivity index (χ2v) is 9.38. The van der Waals surface area contributed by atoms with Gasteiger partial charge in [-0.2, -0.15) is 0 Å². The van der Waals surface area contributed by atoms with Crippen LogP contribution in [0.4, 0.5) is 11.4 Å². The van der Waals surface area contributed by atoms with Gasteiger partial charge in [0.15, 0.2) is 0 Å². The molecule has 0 saturated carbocycles. The van der Waals surface area contributed by atoms with Gasteiger partial charge in [0.25, 0.3) is 0 Å². The summed E-state index contributed by atoms with van der Waals surface area (Å²) in [6.07, 6.45) is 3.57. The summed E-state index contributed by atoms with van der Waals surface area (Å²) in [7, 11) is 0. The van der Waals surface area contributed by atoms with Gasteiger partial charge in [-0.1, -0.05) is 24.3 Å². The number of aryl methyl sites for hydroxylation is 2. The highest BCUT2D eigenvalue weighted by molar-refractivity contribution is 7.10. The summed E-state index contributed by atoms with van der Waals surface area (Å²) in [4.78, 5) is 16.2. The molecule has 2 heterocycles. The van der Waals surface area contributed by atoms with E-state index in [9.17, 15) is 4.79 Å². The zero-order chi connectivity index (χ0) is 21.8. The molecular formula is C26H29N3O2S. The van der Waals surface area contributed by atoms with E-state index in [-0.39, 0.29) is 18.5 Å². The summed E-state index contributed by atoms with van der Waals surface area (Å²) in [5.41, 5.74) is 6.14. The van der Waals surface area contributed by atoms with Crippen LogP contribution in [0.1, 0.15) is 34.0 Å². The van der Waals surface area contributed by atoms with Gasteiger partial charge in [0.1, 0.15) is 0 Å². The molecule has 1 saturated heterocycles. The lowest BCUT2D eigenvalue weighted by molar-refractivity contribution is -0.115. The van der Waals surface area contributed by atoms with Crippen molar-refractivity contribution < 1.29 is 9.53 Å². The number of hydrogen-bond acceptors (Lipinski definition) is 5. The van der Waals surface area contributed by atoms with E-state index in [1.165, 1.54) is 40.1 Å². The third kappa shape index (κ3) is 4.88. The Kier molecular flexibility index (Phi) is 6.53. The van der Waals surface area contributed by atoms with E-state index in [4.69, 9.17) is 4.74 Å². The van der Waals surface area contributed by atoms with E-state index in [1.807, 2.05) is 12.1 Å². The topological polar surface area (TPSA) is 53.6 Å². The molecule has 2 N–H and O–H groups in total. The molecule has 166 valence electrons. The van der Waals surface area contributed by atoms with Crippen LogP contribution in [0.15, 0.2) is 60.0 Å². The molecule has 0 spiro atoms. The van der Waals surface area contributed by atoms with Crippen LogP contribution in [-0.4, -0.2) is 38.8 Å². The van der Waals surface area contributed by atoms with E-state index in [0.717, 1.165) is 38.4 Å². The molecule has 1 atom stereocenters. The van der Waals surface area contributed by atoms with Crippen molar-refractivity contribution >= 4 is 28.6 Å². The predicted octanol–water partition coefficient (Wildman–Crippen LogP) is 4.39. The van der Waals surface area contributed by atoms with Crippen molar-refractivity contribution in [3.05, 3.63) is 81.5 Å². The quantitative estimate of drug-likeness (QED) is 0.564. The maximum atomic E-state index is 12.7. The number of amides is 1. The monoisotopic (exact) mass is 447 g/mol. The first kappa shape index (κ1) is 21.2. The number of benzene rings is 2. The third-order valence-corrected chi connectivity index (χ3v) is 7.21. The lowest BCUT2D eigenvalue weighted by Gasteiger charge is -2.28. The number of rotatable bonds is 7. The minimum atomic E-state index is -0.0353. The van der Waals surface area contributed by atoms with Gasteiger partial charge in [0.05, 0.1) is 25.8 Å². The maximum absolute atomic E-state index is 12.7. The van der Waals surface area contributed by atoms with Gasteiger partial charge in [0.2, 0.25) is 5.91 Å². The highest BCUT2D eigenvalue weighted by Crippen LogP contribution is 2.30. The van der Waals surface area contributed by atoms with Crippen LogP contribution in [0.25, 0.3) is 0 Å². The van der Waals surface area contributed by atoms with Gasteiger partial charge >= 0.3 is 0 Å². The molecule has 0 radical (unpaired) electrons. The van der Waals surface area contributed by atoms with E-state index in [2.05, 4.69) is 63.4 Å². The molecule has 2 aliphatic rings. The van der Waals surface area contributed by atoms with Crippen LogP contribution in [-0.2, 0) is 22.4 Å². The number of carbonyl (C=O) groups excluding carboxylic acids is 1. The van der Waals surface area contributed by atoms with Crippen LogP contribution in [0, 0.1) is 0 Å². The Labute approximate surface area is 193 Å². The summed E-state index contributed by atoms with van der Waals surface area (Å²) in [6.45, 7) is 3.59. The van der Waals surface area contributed by atoms with Crippen molar-refractivity contribution in [2.75, 3.05) is 43.1 Å². The van der Waals surface area contributed by atoms with Gasteiger partial charge in [0, 0.05) is 29.3 Å². The van der Waals surface area contributed by atoms with Gasteiger partial charge < -0.3 is 15.0 Å². The molecule has 1 aliphatic heterocycles. The Morgan fingerprint density at radius 2 is 1.84 bits per heavy atom. The Balaban J connectivity index is 1.22. The second kappa shape index (κ2) is 9.86. The number of morpholine rings is 1. The molecular weight excluding hydrogens is 418 g/mol. The number of ether oxygens (including phenoxy) is 1. The number of hydrogen-bond donors (Lipinski definition) is 2. The van der Waals surface area contributed by atoms with Crippen molar-refractivity contribution in [1.29, 1.82) is 0 Å². The minimum absolute atomic E-state index is 0.0235. The van der Waals surface area contributed by atoms with Crippen molar-refractivity contribution in [2.24, 2.45) is 0 Å². The number of nitrogens with zero attached hydrogens (tertiary/aromatic N) is 1. The fourth-order valence-electron chi connectivity index (χ4n) is 4.59. The maximum Gasteiger partial charge on any atom is 0.238 e. The molecule has 5 nitrogen and oxygen atoms in total. The number of nitrogens with one attached hydrogen (secondary N) is 2. The van der Waals surface area contributed by atoms with Gasteiger partial charge in [-0.05, 0) is 71.7 Å². The molecule has 1 aromatic heterocycles. The van der Waals surface area contributed by atoms with Crippen LogP contribution >= 0.6 is 11.3 Å². The van der Waals surface area contributed by atoms with Gasteiger partial charge in [-0.25, -0.2) is 0 Å². The number of anilines is 2. The largest absolute Gasteiger partial charge is 0.378 e. The van der Waals surface area contributed by atoms with E-state index >= 15 is 0 Å². The van der Waals surface area contributed by atoms with E-state index < -0.39 is 0 Å². The summed E-state index contributed by atoms with van der Waals surface area (Å²) < 4.78 is 5.42. The second-order valence-electron chi connectivity index (χ2n) is 8.41. The Hall–Kier alpha value is -2.67. The predicted molar refractivity (Wildman–Crippen MR) is 131 cm³/mol. The Morgan fingerprint density at radius 3 is 2.62 bits per heavy atom. The summed E-state index contributed by atoms with van der Waals surface area (Å²) in [5, 5.41) is 8.60. The van der Waals surface area contributed by atoms with Crippen LogP contribution in [0.5, 0.6) is 0 Å². The SMILES string of the molecule is O=C(CN[C@H](c1ccc2c(c1)CCC2)c1cccs1)Nc1ccc(N2CCOCC2)cc1. The van der Waals surface area contributed by atoms with Crippen LogP contribution in [0.3, 0.4) is 0 Å². The standard InChI is InChI=1S/C26H29N3O2S/c30-25(28-22-8-10-23(11-9-22)29-12-14-31-15-13-29)18-27-26(24-5-2-16-32-24)21-7-6-19-3-1-4-20(19)17-21/h2,5-11,16-17,26-27H,1,3-4,12-15,18H2,(H,28,30)/t26-/m1/s1. The third-order valence-electron chi connectivity index (χ3n) is 6.28. The molecule has 32 heavy (non-hydrogen) atoms. The van der Waals surface area contributed by atoms with Crippen molar-refractivity contribution in [2.45, 2.75) is 25.3 Å². The molecule has 1 aliphatic carbocycles. The fraction of sp³-hybridized carbons (Fsp3) is 0.346. The molecule has 5 rings (SSSR count). The Morgan fingerprint density at radius 1 is 1.03 bits per heavy atom. The zero-order valence-electron chi connectivity index (χ0n) is 18.2. The summed E-state index contributed by atoms with van der Waals surface area (Å²) >= 11 is 1.72. The molecule has 6 heteroatoms. The molecule has 3 aromatic rings. The number of carbonyl (C=O) groups is 1. The normalized spacial score (nSPS) is 16.6. The Bertz CT molecular complexity index is 1040. The van der Waals surface area contributed by atoms with E-state index in [1.54, 1.807) is 11.3 Å². The van der Waals surface area contributed by atoms with Crippen molar-refractivity contribution in [1.82, 2.24) is 5.32 Å². The minimum Gasteiger partial charge on any atom is -0.378 e. The van der Waals surface area contributed by atoms with Gasteiger partial charge in [-0.3, -0.25) is 10.1 Å². The summed E-state index contributed by atoms with van der Waals surface area (Å²) in [6, 6.07) is 19.1. The lowest BCUT2D eigenvalue weighted by atomic mass is 10.00.